The van der Waals surface area contributed by atoms with Crippen molar-refractivity contribution in [1.82, 2.24) is 4.98 Å². The summed E-state index contributed by atoms with van der Waals surface area (Å²) in [5, 5.41) is 1.14. The van der Waals surface area contributed by atoms with E-state index in [1.807, 2.05) is 35.2 Å². The second kappa shape index (κ2) is 3.59. The number of carbonyl (C=O) groups is 1. The van der Waals surface area contributed by atoms with Crippen molar-refractivity contribution in [2.75, 3.05) is 18.0 Å². The van der Waals surface area contributed by atoms with Gasteiger partial charge < -0.3 is 4.90 Å². The van der Waals surface area contributed by atoms with Crippen LogP contribution in [0, 0.1) is 0 Å². The number of aromatic nitrogens is 1. The molecule has 1 aromatic carbocycles. The summed E-state index contributed by atoms with van der Waals surface area (Å²) in [4.78, 5) is 17.8. The lowest BCUT2D eigenvalue weighted by Crippen LogP contribution is -2.20. The van der Waals surface area contributed by atoms with Crippen LogP contribution in [0.5, 0.6) is 0 Å². The first-order valence-electron chi connectivity index (χ1n) is 5.45. The number of rotatable bonds is 1. The Hall–Kier alpha value is -1.90. The summed E-state index contributed by atoms with van der Waals surface area (Å²) in [6.45, 7) is 1.30. The minimum Gasteiger partial charge on any atom is -0.349 e. The van der Waals surface area contributed by atoms with Crippen LogP contribution in [0.4, 0.5) is 5.82 Å². The first-order valence-corrected chi connectivity index (χ1v) is 5.45. The summed E-state index contributed by atoms with van der Waals surface area (Å²) < 4.78 is 0. The molecule has 1 saturated heterocycles. The highest BCUT2D eigenvalue weighted by Gasteiger charge is 2.20. The van der Waals surface area contributed by atoms with Gasteiger partial charge in [0.25, 0.3) is 0 Å². The lowest BCUT2D eigenvalue weighted by Gasteiger charge is -2.15. The van der Waals surface area contributed by atoms with E-state index >= 15 is 0 Å². The number of nitrogens with zero attached hydrogens (tertiary/aromatic N) is 2. The van der Waals surface area contributed by atoms with Gasteiger partial charge in [-0.15, -0.1) is 0 Å². The Morgan fingerprint density at radius 3 is 2.81 bits per heavy atom. The smallest absolute Gasteiger partial charge is 0.153 e. The number of benzene rings is 1. The maximum Gasteiger partial charge on any atom is 0.153 e. The molecule has 0 unspecified atom stereocenters. The van der Waals surface area contributed by atoms with E-state index in [0.29, 0.717) is 18.7 Å². The highest BCUT2D eigenvalue weighted by molar-refractivity contribution is 5.87. The van der Waals surface area contributed by atoms with Gasteiger partial charge in [-0.1, -0.05) is 18.2 Å². The SMILES string of the molecule is O=C1CCN(c2ccc3ccccc3n2)C1. The highest BCUT2D eigenvalue weighted by atomic mass is 16.1. The Bertz CT molecular complexity index is 550. The third-order valence-electron chi connectivity index (χ3n) is 2.94. The molecule has 1 aromatic heterocycles. The third-order valence-corrected chi connectivity index (χ3v) is 2.94. The quantitative estimate of drug-likeness (QED) is 0.725. The van der Waals surface area contributed by atoms with Crippen LogP contribution in [0.15, 0.2) is 36.4 Å². The molecule has 16 heavy (non-hydrogen) atoms. The number of fused-ring (bicyclic) bond motifs is 1. The topological polar surface area (TPSA) is 33.2 Å². The molecule has 0 amide bonds. The molecule has 3 nitrogen and oxygen atoms in total. The van der Waals surface area contributed by atoms with Crippen LogP contribution in [-0.2, 0) is 4.79 Å². The number of pyridine rings is 1. The average molecular weight is 212 g/mol. The fourth-order valence-corrected chi connectivity index (χ4v) is 2.06. The predicted octanol–water partition coefficient (Wildman–Crippen LogP) is 2.01. The molecule has 3 rings (SSSR count). The van der Waals surface area contributed by atoms with Crippen LogP contribution in [-0.4, -0.2) is 23.9 Å². The van der Waals surface area contributed by atoms with Crippen molar-refractivity contribution in [2.24, 2.45) is 0 Å². The number of para-hydroxylation sites is 1. The molecule has 0 saturated carbocycles. The maximum atomic E-state index is 11.2. The Balaban J connectivity index is 2.02. The molecule has 1 aliphatic heterocycles. The van der Waals surface area contributed by atoms with Gasteiger partial charge in [0.15, 0.2) is 5.78 Å². The number of anilines is 1. The molecule has 0 spiro atoms. The fourth-order valence-electron chi connectivity index (χ4n) is 2.06. The van der Waals surface area contributed by atoms with E-state index in [-0.39, 0.29) is 0 Å². The summed E-state index contributed by atoms with van der Waals surface area (Å²) in [6, 6.07) is 12.1. The first-order chi connectivity index (χ1) is 7.83. The molecule has 2 heterocycles. The Morgan fingerprint density at radius 2 is 2.00 bits per heavy atom. The summed E-state index contributed by atoms with van der Waals surface area (Å²) in [7, 11) is 0. The van der Waals surface area contributed by atoms with Crippen molar-refractivity contribution in [1.29, 1.82) is 0 Å². The Kier molecular flexibility index (Phi) is 2.10. The zero-order valence-electron chi connectivity index (χ0n) is 8.89. The van der Waals surface area contributed by atoms with Gasteiger partial charge in [0.05, 0.1) is 12.1 Å². The molecule has 80 valence electrons. The predicted molar refractivity (Wildman–Crippen MR) is 63.6 cm³/mol. The molecule has 0 aliphatic carbocycles. The summed E-state index contributed by atoms with van der Waals surface area (Å²) in [6.07, 6.45) is 0.647. The maximum absolute atomic E-state index is 11.2. The minimum atomic E-state index is 0.301. The van der Waals surface area contributed by atoms with E-state index in [1.165, 1.54) is 0 Å². The molecular weight excluding hydrogens is 200 g/mol. The van der Waals surface area contributed by atoms with Gasteiger partial charge in [-0.25, -0.2) is 4.98 Å². The van der Waals surface area contributed by atoms with E-state index in [9.17, 15) is 4.79 Å². The van der Waals surface area contributed by atoms with Crippen molar-refractivity contribution in [2.45, 2.75) is 6.42 Å². The molecule has 2 aromatic rings. The van der Waals surface area contributed by atoms with Gasteiger partial charge in [-0.2, -0.15) is 0 Å². The Labute approximate surface area is 93.7 Å². The number of Topliss-reactive ketones (excluding diaryl/α,β-unsaturated/α-hetero) is 1. The zero-order valence-corrected chi connectivity index (χ0v) is 8.89. The van der Waals surface area contributed by atoms with Crippen LogP contribution in [0.2, 0.25) is 0 Å². The van der Waals surface area contributed by atoms with E-state index < -0.39 is 0 Å². The largest absolute Gasteiger partial charge is 0.349 e. The van der Waals surface area contributed by atoms with E-state index in [0.717, 1.165) is 23.3 Å². The van der Waals surface area contributed by atoms with Crippen molar-refractivity contribution in [3.05, 3.63) is 36.4 Å². The van der Waals surface area contributed by atoms with Gasteiger partial charge in [0, 0.05) is 18.4 Å². The molecule has 0 bridgehead atoms. The van der Waals surface area contributed by atoms with Crippen LogP contribution in [0.1, 0.15) is 6.42 Å². The zero-order chi connectivity index (χ0) is 11.0. The van der Waals surface area contributed by atoms with E-state index in [1.54, 1.807) is 0 Å². The summed E-state index contributed by atoms with van der Waals surface area (Å²) in [5.41, 5.74) is 0.986. The number of hydrogen-bond acceptors (Lipinski definition) is 3. The normalized spacial score (nSPS) is 16.0. The summed E-state index contributed by atoms with van der Waals surface area (Å²) in [5.74, 6) is 1.21. The molecular formula is C13H12N2O. The first kappa shape index (κ1) is 9.33. The lowest BCUT2D eigenvalue weighted by molar-refractivity contribution is -0.116. The molecule has 0 N–H and O–H groups in total. The highest BCUT2D eigenvalue weighted by Crippen LogP contribution is 2.20. The standard InChI is InChI=1S/C13H12N2O/c16-11-7-8-15(9-11)13-6-5-10-3-1-2-4-12(10)14-13/h1-6H,7-9H2. The monoisotopic (exact) mass is 212 g/mol. The Morgan fingerprint density at radius 1 is 1.12 bits per heavy atom. The number of carbonyl (C=O) groups excluding carboxylic acids is 1. The molecule has 0 atom stereocenters. The average Bonchev–Trinajstić information content (AvgIpc) is 2.75. The van der Waals surface area contributed by atoms with Crippen LogP contribution in [0.3, 0.4) is 0 Å². The van der Waals surface area contributed by atoms with Crippen LogP contribution >= 0.6 is 0 Å². The second-order valence-corrected chi connectivity index (χ2v) is 4.07. The van der Waals surface area contributed by atoms with Crippen LogP contribution in [0.25, 0.3) is 10.9 Å². The molecule has 0 radical (unpaired) electrons. The van der Waals surface area contributed by atoms with Gasteiger partial charge in [-0.05, 0) is 18.2 Å². The van der Waals surface area contributed by atoms with Crippen molar-refractivity contribution in [3.63, 3.8) is 0 Å². The third kappa shape index (κ3) is 1.54. The van der Waals surface area contributed by atoms with Gasteiger partial charge in [0.2, 0.25) is 0 Å². The van der Waals surface area contributed by atoms with E-state index in [4.69, 9.17) is 0 Å². The fraction of sp³-hybridized carbons (Fsp3) is 0.231. The van der Waals surface area contributed by atoms with Gasteiger partial charge in [0.1, 0.15) is 5.82 Å². The number of ketones is 1. The van der Waals surface area contributed by atoms with Crippen molar-refractivity contribution in [3.8, 4) is 0 Å². The van der Waals surface area contributed by atoms with Crippen molar-refractivity contribution >= 4 is 22.5 Å². The van der Waals surface area contributed by atoms with Gasteiger partial charge >= 0.3 is 0 Å². The second-order valence-electron chi connectivity index (χ2n) is 4.07. The van der Waals surface area contributed by atoms with Crippen LogP contribution < -0.4 is 4.90 Å². The minimum absolute atomic E-state index is 0.301. The number of hydrogen-bond donors (Lipinski definition) is 0. The molecule has 1 aliphatic rings. The van der Waals surface area contributed by atoms with Crippen molar-refractivity contribution < 1.29 is 4.79 Å². The van der Waals surface area contributed by atoms with E-state index in [2.05, 4.69) is 11.1 Å². The molecule has 3 heteroatoms. The summed E-state index contributed by atoms with van der Waals surface area (Å²) >= 11 is 0. The van der Waals surface area contributed by atoms with Gasteiger partial charge in [-0.3, -0.25) is 4.79 Å². The molecule has 1 fully saturated rings. The lowest BCUT2D eigenvalue weighted by atomic mass is 10.2.